The van der Waals surface area contributed by atoms with Gasteiger partial charge in [0.15, 0.2) is 0 Å². The van der Waals surface area contributed by atoms with Crippen LogP contribution >= 0.6 is 0 Å². The molecule has 3 N–H and O–H groups in total. The predicted molar refractivity (Wildman–Crippen MR) is 106 cm³/mol. The first-order chi connectivity index (χ1) is 13.0. The molecule has 2 rings (SSSR count). The van der Waals surface area contributed by atoms with Crippen LogP contribution in [-0.2, 0) is 6.54 Å². The molecule has 152 valence electrons. The number of nitrogens with zero attached hydrogens (tertiary/aromatic N) is 3. The summed E-state index contributed by atoms with van der Waals surface area (Å²) < 4.78 is 2.79. The van der Waals surface area contributed by atoms with Gasteiger partial charge in [0.25, 0.3) is 11.5 Å². The number of nitrogens with one attached hydrogen (secondary N) is 1. The maximum atomic E-state index is 12.6. The number of imidazole rings is 1. The molecule has 2 aromatic rings. The first-order valence-electron chi connectivity index (χ1n) is 9.25. The average Bonchev–Trinajstić information content (AvgIpc) is 3.12. The highest BCUT2D eigenvalue weighted by atomic mass is 16.3. The van der Waals surface area contributed by atoms with Crippen molar-refractivity contribution in [1.82, 2.24) is 19.4 Å². The highest BCUT2D eigenvalue weighted by Gasteiger charge is 2.17. The number of rotatable bonds is 6. The Labute approximate surface area is 160 Å². The molecule has 8 nitrogen and oxygen atoms in total. The molecule has 0 bridgehead atoms. The van der Waals surface area contributed by atoms with Gasteiger partial charge in [-0.1, -0.05) is 27.7 Å². The summed E-state index contributed by atoms with van der Waals surface area (Å²) in [5.74, 6) is -0.481. The topological polar surface area (TPSA) is 109 Å². The van der Waals surface area contributed by atoms with Crippen molar-refractivity contribution in [3.63, 3.8) is 0 Å². The van der Waals surface area contributed by atoms with Gasteiger partial charge in [-0.25, -0.2) is 4.98 Å². The average molecular weight is 380 g/mol. The number of carbonyl (C=O) groups is 1. The molecule has 1 atom stereocenters. The van der Waals surface area contributed by atoms with E-state index >= 15 is 0 Å². The fourth-order valence-corrected chi connectivity index (χ4v) is 2.18. The van der Waals surface area contributed by atoms with Crippen molar-refractivity contribution in [3.05, 3.63) is 46.4 Å². The summed E-state index contributed by atoms with van der Waals surface area (Å²) in [6.45, 7) is 11.0. The van der Waals surface area contributed by atoms with Crippen molar-refractivity contribution < 1.29 is 15.0 Å². The fraction of sp³-hybridized carbons (Fsp3) is 0.526. The van der Waals surface area contributed by atoms with Crippen molar-refractivity contribution in [1.29, 1.82) is 0 Å². The molecule has 0 spiro atoms. The molecule has 2 heterocycles. The van der Waals surface area contributed by atoms with E-state index in [-0.39, 0.29) is 25.5 Å². The summed E-state index contributed by atoms with van der Waals surface area (Å²) >= 11 is 0. The molecule has 0 saturated heterocycles. The van der Waals surface area contributed by atoms with Gasteiger partial charge in [0, 0.05) is 18.8 Å². The quantitative estimate of drug-likeness (QED) is 0.703. The Morgan fingerprint density at radius 3 is 2.33 bits per heavy atom. The van der Waals surface area contributed by atoms with Crippen LogP contribution in [0.5, 0.6) is 0 Å². The van der Waals surface area contributed by atoms with Gasteiger partial charge in [-0.05, 0) is 26.0 Å². The Hall–Kier alpha value is -2.45. The lowest BCUT2D eigenvalue weighted by Crippen LogP contribution is -2.39. The molecule has 0 aromatic carbocycles. The van der Waals surface area contributed by atoms with Gasteiger partial charge in [-0.15, -0.1) is 0 Å². The van der Waals surface area contributed by atoms with Crippen molar-refractivity contribution in [2.75, 3.05) is 13.2 Å². The number of hydrogen-bond acceptors (Lipinski definition) is 5. The van der Waals surface area contributed by atoms with Crippen molar-refractivity contribution in [2.24, 2.45) is 0 Å². The molecule has 8 heteroatoms. The number of aliphatic hydroxyl groups excluding tert-OH is 2. The molecule has 0 radical (unpaired) electrons. The summed E-state index contributed by atoms with van der Waals surface area (Å²) in [7, 11) is 0. The molecular formula is C19H32N4O4. The minimum atomic E-state index is -0.481. The van der Waals surface area contributed by atoms with Gasteiger partial charge in [-0.3, -0.25) is 14.2 Å². The molecule has 0 aliphatic carbocycles. The number of pyridine rings is 1. The number of aliphatic hydroxyl groups is 2. The van der Waals surface area contributed by atoms with E-state index in [4.69, 9.17) is 5.11 Å². The molecule has 27 heavy (non-hydrogen) atoms. The van der Waals surface area contributed by atoms with Crippen LogP contribution < -0.4 is 10.9 Å². The zero-order valence-corrected chi connectivity index (χ0v) is 17.1. The molecule has 0 fully saturated rings. The van der Waals surface area contributed by atoms with Crippen LogP contribution in [0, 0.1) is 6.92 Å². The maximum absolute atomic E-state index is 12.6. The van der Waals surface area contributed by atoms with Gasteiger partial charge in [0.05, 0.1) is 25.2 Å². The third-order valence-corrected chi connectivity index (χ3v) is 3.35. The number of aryl methyl sites for hydroxylation is 1. The maximum Gasteiger partial charge on any atom is 0.275 e. The molecule has 0 aliphatic heterocycles. The lowest BCUT2D eigenvalue weighted by atomic mass is 10.2. The third-order valence-electron chi connectivity index (χ3n) is 3.35. The van der Waals surface area contributed by atoms with Crippen LogP contribution in [0.4, 0.5) is 0 Å². The second kappa shape index (κ2) is 12.8. The van der Waals surface area contributed by atoms with E-state index in [9.17, 15) is 14.7 Å². The predicted octanol–water partition coefficient (Wildman–Crippen LogP) is 1.50. The zero-order chi connectivity index (χ0) is 21.0. The minimum Gasteiger partial charge on any atom is -0.395 e. The van der Waals surface area contributed by atoms with Crippen LogP contribution in [0.15, 0.2) is 29.5 Å². The van der Waals surface area contributed by atoms with Gasteiger partial charge >= 0.3 is 0 Å². The summed E-state index contributed by atoms with van der Waals surface area (Å²) in [5, 5.41) is 20.8. The zero-order valence-electron chi connectivity index (χ0n) is 17.1. The Morgan fingerprint density at radius 1 is 1.22 bits per heavy atom. The first-order valence-corrected chi connectivity index (χ1v) is 9.25. The Balaban J connectivity index is 0.00000158. The van der Waals surface area contributed by atoms with Crippen LogP contribution in [0.25, 0.3) is 5.69 Å². The van der Waals surface area contributed by atoms with E-state index in [1.165, 1.54) is 23.0 Å². The third kappa shape index (κ3) is 6.65. The fourth-order valence-electron chi connectivity index (χ4n) is 2.18. The number of aromatic nitrogens is 3. The Kier molecular flexibility index (Phi) is 11.7. The molecule has 2 aromatic heterocycles. The van der Waals surface area contributed by atoms with Crippen LogP contribution in [0.2, 0.25) is 0 Å². The van der Waals surface area contributed by atoms with Gasteiger partial charge < -0.3 is 20.1 Å². The van der Waals surface area contributed by atoms with Gasteiger partial charge in [0.1, 0.15) is 11.4 Å². The summed E-state index contributed by atoms with van der Waals surface area (Å²) in [6.07, 6.45) is 3.22. The smallest absolute Gasteiger partial charge is 0.275 e. The summed E-state index contributed by atoms with van der Waals surface area (Å²) in [6, 6.07) is 2.62. The number of amides is 1. The van der Waals surface area contributed by atoms with E-state index in [1.54, 1.807) is 24.6 Å². The van der Waals surface area contributed by atoms with Crippen molar-refractivity contribution >= 4 is 5.91 Å². The van der Waals surface area contributed by atoms with E-state index in [2.05, 4.69) is 10.3 Å². The summed E-state index contributed by atoms with van der Waals surface area (Å²) in [5.41, 5.74) is 0.827. The second-order valence-corrected chi connectivity index (χ2v) is 5.26. The van der Waals surface area contributed by atoms with Crippen LogP contribution in [-0.4, -0.2) is 49.5 Å². The number of carbonyl (C=O) groups excluding carboxylic acids is 1. The molecule has 1 amide bonds. The van der Waals surface area contributed by atoms with Gasteiger partial charge in [-0.2, -0.15) is 0 Å². The molecular weight excluding hydrogens is 348 g/mol. The standard InChI is InChI=1S/C15H20N4O4.2C2H6/c1-10-7-18(9-16-10)13-4-3-12(14(22)17-11(2)8-21)19(5-6-20)15(13)23;2*1-2/h3-4,7,9,11,20-21H,5-6,8H2,1-2H3,(H,17,22);2*1-2H3. The van der Waals surface area contributed by atoms with Gasteiger partial charge in [0.2, 0.25) is 0 Å². The number of hydrogen-bond donors (Lipinski definition) is 3. The van der Waals surface area contributed by atoms with Crippen LogP contribution in [0.1, 0.15) is 50.8 Å². The molecule has 0 aliphatic rings. The van der Waals surface area contributed by atoms with E-state index in [0.717, 1.165) is 5.69 Å². The monoisotopic (exact) mass is 380 g/mol. The highest BCUT2D eigenvalue weighted by Crippen LogP contribution is 2.07. The first kappa shape index (κ1) is 24.6. The second-order valence-electron chi connectivity index (χ2n) is 5.26. The van der Waals surface area contributed by atoms with Crippen molar-refractivity contribution in [2.45, 2.75) is 54.1 Å². The lowest BCUT2D eigenvalue weighted by molar-refractivity contribution is 0.0910. The largest absolute Gasteiger partial charge is 0.395 e. The molecule has 0 saturated carbocycles. The summed E-state index contributed by atoms with van der Waals surface area (Å²) in [4.78, 5) is 28.9. The minimum absolute atomic E-state index is 0.00336. The van der Waals surface area contributed by atoms with E-state index in [1.807, 2.05) is 27.7 Å². The highest BCUT2D eigenvalue weighted by molar-refractivity contribution is 5.92. The normalized spacial score (nSPS) is 10.8. The van der Waals surface area contributed by atoms with Crippen LogP contribution in [0.3, 0.4) is 0 Å². The van der Waals surface area contributed by atoms with E-state index in [0.29, 0.717) is 5.69 Å². The lowest BCUT2D eigenvalue weighted by Gasteiger charge is -2.16. The Morgan fingerprint density at radius 2 is 1.85 bits per heavy atom. The van der Waals surface area contributed by atoms with Crippen molar-refractivity contribution in [3.8, 4) is 5.69 Å². The van der Waals surface area contributed by atoms with E-state index < -0.39 is 17.5 Å². The SMILES string of the molecule is CC.CC.Cc1cn(-c2ccc(C(=O)NC(C)CO)n(CCO)c2=O)cn1. The molecule has 1 unspecified atom stereocenters. The Bertz CT molecular complexity index is 752.